The van der Waals surface area contributed by atoms with E-state index in [9.17, 15) is 9.59 Å². The first-order valence-corrected chi connectivity index (χ1v) is 8.25. The van der Waals surface area contributed by atoms with E-state index in [1.54, 1.807) is 42.0 Å². The Labute approximate surface area is 146 Å². The Hall–Kier alpha value is -2.33. The van der Waals surface area contributed by atoms with Crippen molar-refractivity contribution in [3.05, 3.63) is 53.6 Å². The lowest BCUT2D eigenvalue weighted by Gasteiger charge is -2.30. The van der Waals surface area contributed by atoms with Gasteiger partial charge < -0.3 is 4.90 Å². The molecule has 0 bridgehead atoms. The number of carbonyl (C=O) groups excluding carboxylic acids is 2. The molecule has 2 amide bonds. The average Bonchev–Trinajstić information content (AvgIpc) is 2.65. The van der Waals surface area contributed by atoms with Crippen LogP contribution in [0.25, 0.3) is 0 Å². The molecule has 0 saturated carbocycles. The number of hydrogen-bond donors (Lipinski definition) is 0. The van der Waals surface area contributed by atoms with E-state index in [1.807, 2.05) is 37.3 Å². The molecule has 24 heavy (non-hydrogen) atoms. The molecular formula is C19H19ClN2O2. The molecule has 1 unspecified atom stereocenters. The second kappa shape index (κ2) is 5.95. The zero-order valence-corrected chi connectivity index (χ0v) is 14.7. The van der Waals surface area contributed by atoms with Crippen LogP contribution in [0.15, 0.2) is 48.5 Å². The minimum absolute atomic E-state index is 0.211. The summed E-state index contributed by atoms with van der Waals surface area (Å²) < 4.78 is 0. The fourth-order valence-corrected chi connectivity index (χ4v) is 3.19. The van der Waals surface area contributed by atoms with Gasteiger partial charge >= 0.3 is 0 Å². The van der Waals surface area contributed by atoms with Crippen LogP contribution >= 0.6 is 11.6 Å². The summed E-state index contributed by atoms with van der Waals surface area (Å²) in [4.78, 5) is 29.5. The van der Waals surface area contributed by atoms with Crippen LogP contribution < -0.4 is 9.80 Å². The Morgan fingerprint density at radius 3 is 2.29 bits per heavy atom. The minimum atomic E-state index is -1.13. The van der Waals surface area contributed by atoms with Crippen LogP contribution in [-0.2, 0) is 9.59 Å². The molecule has 3 rings (SSSR count). The molecule has 0 N–H and O–H groups in total. The third-order valence-corrected chi connectivity index (χ3v) is 4.95. The number of rotatable bonds is 2. The maximum Gasteiger partial charge on any atom is 0.247 e. The maximum atomic E-state index is 13.4. The highest BCUT2D eigenvalue weighted by Gasteiger charge is 2.48. The molecule has 2 aromatic rings. The van der Waals surface area contributed by atoms with Gasteiger partial charge in [0, 0.05) is 17.8 Å². The van der Waals surface area contributed by atoms with Gasteiger partial charge in [0.15, 0.2) is 0 Å². The number of halogens is 1. The first-order valence-electron chi connectivity index (χ1n) is 7.87. The molecule has 1 aliphatic heterocycles. The Morgan fingerprint density at radius 2 is 1.67 bits per heavy atom. The lowest BCUT2D eigenvalue weighted by atomic mass is 9.84. The molecule has 0 radical (unpaired) electrons. The van der Waals surface area contributed by atoms with Gasteiger partial charge in [-0.25, -0.2) is 0 Å². The molecule has 1 heterocycles. The molecule has 0 aliphatic carbocycles. The number of carbonyl (C=O) groups is 2. The van der Waals surface area contributed by atoms with E-state index in [0.717, 1.165) is 0 Å². The summed E-state index contributed by atoms with van der Waals surface area (Å²) in [7, 11) is 1.70. The van der Waals surface area contributed by atoms with Gasteiger partial charge in [-0.15, -0.1) is 0 Å². The Balaban J connectivity index is 2.32. The summed E-state index contributed by atoms with van der Waals surface area (Å²) in [5, 5.41) is 0.517. The minimum Gasteiger partial charge on any atom is -0.313 e. The van der Waals surface area contributed by atoms with Gasteiger partial charge in [0.2, 0.25) is 11.8 Å². The zero-order valence-electron chi connectivity index (χ0n) is 13.9. The molecule has 0 fully saturated rings. The van der Waals surface area contributed by atoms with Crippen molar-refractivity contribution in [3.63, 3.8) is 0 Å². The van der Waals surface area contributed by atoms with Crippen molar-refractivity contribution in [1.82, 2.24) is 0 Å². The number of fused-ring (bicyclic) bond motifs is 1. The highest BCUT2D eigenvalue weighted by molar-refractivity contribution is 6.31. The van der Waals surface area contributed by atoms with Crippen LogP contribution in [-0.4, -0.2) is 18.9 Å². The van der Waals surface area contributed by atoms with Crippen molar-refractivity contribution in [2.24, 2.45) is 5.41 Å². The van der Waals surface area contributed by atoms with Gasteiger partial charge in [-0.05, 0) is 43.7 Å². The summed E-state index contributed by atoms with van der Waals surface area (Å²) in [5.74, 6) is -0.453. The molecule has 2 aromatic carbocycles. The largest absolute Gasteiger partial charge is 0.313 e. The molecule has 0 spiro atoms. The van der Waals surface area contributed by atoms with E-state index in [2.05, 4.69) is 0 Å². The molecule has 4 nitrogen and oxygen atoms in total. The third-order valence-electron chi connectivity index (χ3n) is 4.71. The van der Waals surface area contributed by atoms with E-state index < -0.39 is 5.41 Å². The summed E-state index contributed by atoms with van der Waals surface area (Å²) in [5.41, 5.74) is 0.870. The maximum absolute atomic E-state index is 13.4. The van der Waals surface area contributed by atoms with Crippen molar-refractivity contribution < 1.29 is 9.59 Å². The second-order valence-corrected chi connectivity index (χ2v) is 6.60. The Bertz CT molecular complexity index is 806. The standard InChI is InChI=1S/C19H19ClN2O2/c1-4-19(2)17(23)21(3)15-11-10-13(20)12-16(15)22(18(19)24)14-8-6-5-7-9-14/h5-12H,4H2,1-3H3. The highest BCUT2D eigenvalue weighted by Crippen LogP contribution is 2.44. The molecule has 1 aliphatic rings. The van der Waals surface area contributed by atoms with Gasteiger partial charge in [-0.1, -0.05) is 36.7 Å². The molecular weight excluding hydrogens is 324 g/mol. The molecule has 1 atom stereocenters. The second-order valence-electron chi connectivity index (χ2n) is 6.16. The van der Waals surface area contributed by atoms with Crippen molar-refractivity contribution in [2.45, 2.75) is 20.3 Å². The predicted molar refractivity (Wildman–Crippen MR) is 96.8 cm³/mol. The SMILES string of the molecule is CCC1(C)C(=O)N(C)c2ccc(Cl)cc2N(c2ccccc2)C1=O. The zero-order chi connectivity index (χ0) is 17.5. The number of para-hydroxylation sites is 1. The van der Waals surface area contributed by atoms with Crippen molar-refractivity contribution in [2.75, 3.05) is 16.8 Å². The van der Waals surface area contributed by atoms with Crippen molar-refractivity contribution in [3.8, 4) is 0 Å². The topological polar surface area (TPSA) is 40.6 Å². The van der Waals surface area contributed by atoms with E-state index in [0.29, 0.717) is 28.5 Å². The van der Waals surface area contributed by atoms with Gasteiger partial charge in [-0.2, -0.15) is 0 Å². The third kappa shape index (κ3) is 2.38. The summed E-state index contributed by atoms with van der Waals surface area (Å²) in [6.45, 7) is 3.56. The monoisotopic (exact) mass is 342 g/mol. The number of amides is 2. The van der Waals surface area contributed by atoms with Crippen LogP contribution in [0.1, 0.15) is 20.3 Å². The molecule has 0 aromatic heterocycles. The van der Waals surface area contributed by atoms with E-state index in [-0.39, 0.29) is 11.8 Å². The first kappa shape index (κ1) is 16.5. The fourth-order valence-electron chi connectivity index (χ4n) is 3.02. The quantitative estimate of drug-likeness (QED) is 0.759. The summed E-state index contributed by atoms with van der Waals surface area (Å²) in [6, 6.07) is 14.6. The summed E-state index contributed by atoms with van der Waals surface area (Å²) >= 11 is 6.18. The highest BCUT2D eigenvalue weighted by atomic mass is 35.5. The first-order chi connectivity index (χ1) is 11.4. The van der Waals surface area contributed by atoms with E-state index in [1.165, 1.54) is 0 Å². The van der Waals surface area contributed by atoms with Crippen LogP contribution in [0.5, 0.6) is 0 Å². The average molecular weight is 343 g/mol. The smallest absolute Gasteiger partial charge is 0.247 e. The Kier molecular flexibility index (Phi) is 4.10. The van der Waals surface area contributed by atoms with Gasteiger partial charge in [-0.3, -0.25) is 14.5 Å². The fraction of sp³-hybridized carbons (Fsp3) is 0.263. The van der Waals surface area contributed by atoms with E-state index >= 15 is 0 Å². The number of anilines is 3. The lowest BCUT2D eigenvalue weighted by Crippen LogP contribution is -2.47. The molecule has 124 valence electrons. The van der Waals surface area contributed by atoms with Gasteiger partial charge in [0.05, 0.1) is 11.4 Å². The van der Waals surface area contributed by atoms with Crippen molar-refractivity contribution in [1.29, 1.82) is 0 Å². The number of hydrogen-bond acceptors (Lipinski definition) is 2. The van der Waals surface area contributed by atoms with Crippen LogP contribution in [0.4, 0.5) is 17.1 Å². The summed E-state index contributed by atoms with van der Waals surface area (Å²) in [6.07, 6.45) is 0.417. The Morgan fingerprint density at radius 1 is 1.00 bits per heavy atom. The lowest BCUT2D eigenvalue weighted by molar-refractivity contribution is -0.138. The van der Waals surface area contributed by atoms with Crippen LogP contribution in [0, 0.1) is 5.41 Å². The predicted octanol–water partition coefficient (Wildman–Crippen LogP) is 4.40. The van der Waals surface area contributed by atoms with E-state index in [4.69, 9.17) is 11.6 Å². The van der Waals surface area contributed by atoms with Crippen LogP contribution in [0.2, 0.25) is 5.02 Å². The van der Waals surface area contributed by atoms with Gasteiger partial charge in [0.1, 0.15) is 5.41 Å². The van der Waals surface area contributed by atoms with Crippen molar-refractivity contribution >= 4 is 40.5 Å². The van der Waals surface area contributed by atoms with Crippen LogP contribution in [0.3, 0.4) is 0 Å². The normalized spacial score (nSPS) is 20.8. The number of benzene rings is 2. The van der Waals surface area contributed by atoms with Gasteiger partial charge in [0.25, 0.3) is 0 Å². The number of nitrogens with zero attached hydrogens (tertiary/aromatic N) is 2. The molecule has 0 saturated heterocycles. The molecule has 5 heteroatoms.